The van der Waals surface area contributed by atoms with E-state index in [4.69, 9.17) is 0 Å². The van der Waals surface area contributed by atoms with E-state index in [2.05, 4.69) is 24.3 Å². The third-order valence-corrected chi connectivity index (χ3v) is 6.72. The maximum absolute atomic E-state index is 13.3. The second-order valence-corrected chi connectivity index (χ2v) is 10.4. The molecule has 34 heavy (non-hydrogen) atoms. The van der Waals surface area contributed by atoms with Crippen LogP contribution in [0.5, 0.6) is 5.88 Å². The van der Waals surface area contributed by atoms with Gasteiger partial charge in [0.1, 0.15) is 0 Å². The minimum absolute atomic E-state index is 0.0562. The number of aromatic nitrogens is 3. The van der Waals surface area contributed by atoms with E-state index in [-0.39, 0.29) is 35.4 Å². The van der Waals surface area contributed by atoms with E-state index in [0.29, 0.717) is 29.4 Å². The largest absolute Gasteiger partial charge is 0.477 e. The molecule has 2 fully saturated rings. The summed E-state index contributed by atoms with van der Waals surface area (Å²) in [4.78, 5) is 41.0. The summed E-state index contributed by atoms with van der Waals surface area (Å²) >= 11 is 0. The third-order valence-electron chi connectivity index (χ3n) is 6.72. The van der Waals surface area contributed by atoms with Crippen molar-refractivity contribution in [1.82, 2.24) is 19.8 Å². The van der Waals surface area contributed by atoms with E-state index < -0.39 is 11.5 Å². The molecule has 1 saturated heterocycles. The number of H-pyrrole nitrogens is 1. The molecule has 1 aliphatic heterocycles. The fourth-order valence-electron chi connectivity index (χ4n) is 4.86. The van der Waals surface area contributed by atoms with Crippen molar-refractivity contribution in [2.24, 2.45) is 11.8 Å². The molecule has 2 aromatic heterocycles. The monoisotopic (exact) mass is 470 g/mol. The molecule has 1 atom stereocenters. The summed E-state index contributed by atoms with van der Waals surface area (Å²) in [5.74, 6) is -0.445. The molecule has 0 bridgehead atoms. The predicted octanol–water partition coefficient (Wildman–Crippen LogP) is 2.14. The number of fused-ring (bicyclic) bond motifs is 1. The number of carbonyl (C=O) groups is 2. The summed E-state index contributed by atoms with van der Waals surface area (Å²) in [6.45, 7) is 11.2. The fourth-order valence-corrected chi connectivity index (χ4v) is 4.86. The highest BCUT2D eigenvalue weighted by Gasteiger charge is 2.35. The molecule has 0 spiro atoms. The molecule has 1 aliphatic carbocycles. The van der Waals surface area contributed by atoms with Crippen molar-refractivity contribution in [3.8, 4) is 5.88 Å². The van der Waals surface area contributed by atoms with Gasteiger partial charge in [0.15, 0.2) is 0 Å². The predicted molar refractivity (Wildman–Crippen MR) is 129 cm³/mol. The molecule has 3 heterocycles. The number of amides is 2. The van der Waals surface area contributed by atoms with Crippen molar-refractivity contribution in [2.45, 2.75) is 78.9 Å². The molecule has 2 aliphatic rings. The van der Waals surface area contributed by atoms with Gasteiger partial charge in [0.25, 0.3) is 5.91 Å². The van der Waals surface area contributed by atoms with Crippen molar-refractivity contribution in [2.75, 3.05) is 6.54 Å². The molecule has 2 amide bonds. The van der Waals surface area contributed by atoms with Gasteiger partial charge in [-0.25, -0.2) is 9.89 Å². The lowest BCUT2D eigenvalue weighted by Gasteiger charge is -2.26. The van der Waals surface area contributed by atoms with Crippen LogP contribution in [0.25, 0.3) is 11.7 Å². The third kappa shape index (κ3) is 4.48. The first-order chi connectivity index (χ1) is 16.1. The van der Waals surface area contributed by atoms with Crippen molar-refractivity contribution >= 4 is 23.5 Å². The normalized spacial score (nSPS) is 18.7. The zero-order chi connectivity index (χ0) is 24.7. The second-order valence-electron chi connectivity index (χ2n) is 10.4. The Kier molecular flexibility index (Phi) is 6.55. The molecule has 184 valence electrons. The maximum atomic E-state index is 13.3. The van der Waals surface area contributed by atoms with Gasteiger partial charge in [0.2, 0.25) is 11.5 Å². The van der Waals surface area contributed by atoms with Crippen molar-refractivity contribution in [1.29, 1.82) is 0 Å². The molecule has 2 aromatic rings. The SMILES string of the molecule is Cc1[nH]n2c(=O)c(C(=O)NC3CC3)c(O)[n+](CC(C)C)c2c1/C=C/C(=O)N1CCC[C@@H]1C(C)C. The molecule has 1 saturated carbocycles. The van der Waals surface area contributed by atoms with Gasteiger partial charge in [0.05, 0.1) is 17.8 Å². The van der Waals surface area contributed by atoms with E-state index >= 15 is 0 Å². The minimum Gasteiger partial charge on any atom is -0.477 e. The standard InChI is InChI=1S/C25H35N5O4/c1-14(2)13-29-23-18(10-11-20(31)28-12-6-7-19(28)15(3)4)16(5)27-30(23)25(34)21(24(29)33)22(32)26-17-8-9-17/h10-11,14-15,17,19H,6-9,12-13H2,1-5H3,(H2,26,32,33,34)/p+1/b11-10+/t19-/m1/s1. The van der Waals surface area contributed by atoms with Crippen molar-refractivity contribution < 1.29 is 19.3 Å². The van der Waals surface area contributed by atoms with E-state index in [9.17, 15) is 19.5 Å². The van der Waals surface area contributed by atoms with E-state index in [0.717, 1.165) is 32.2 Å². The molecule has 4 rings (SSSR count). The first-order valence-corrected chi connectivity index (χ1v) is 12.3. The van der Waals surface area contributed by atoms with Gasteiger partial charge in [-0.2, -0.15) is 4.57 Å². The molecule has 0 aromatic carbocycles. The Morgan fingerprint density at radius 3 is 2.56 bits per heavy atom. The van der Waals surface area contributed by atoms with Gasteiger partial charge in [-0.3, -0.25) is 9.59 Å². The Balaban J connectivity index is 1.79. The number of rotatable bonds is 7. The first kappa shape index (κ1) is 24.0. The average molecular weight is 471 g/mol. The van der Waals surface area contributed by atoms with Crippen LogP contribution in [0.3, 0.4) is 0 Å². The Hall–Kier alpha value is -3.10. The van der Waals surface area contributed by atoms with E-state index in [1.165, 1.54) is 4.52 Å². The number of carbonyl (C=O) groups excluding carboxylic acids is 2. The highest BCUT2D eigenvalue weighted by molar-refractivity contribution is 5.96. The molecule has 0 radical (unpaired) electrons. The highest BCUT2D eigenvalue weighted by atomic mass is 16.3. The molecule has 9 heteroatoms. The summed E-state index contributed by atoms with van der Waals surface area (Å²) < 4.78 is 2.89. The van der Waals surface area contributed by atoms with Crippen LogP contribution < -0.4 is 15.4 Å². The number of aromatic hydroxyl groups is 1. The van der Waals surface area contributed by atoms with Crippen LogP contribution in [0.2, 0.25) is 0 Å². The lowest BCUT2D eigenvalue weighted by Crippen LogP contribution is -2.46. The quantitative estimate of drug-likeness (QED) is 0.425. The van der Waals surface area contributed by atoms with Gasteiger partial charge in [-0.1, -0.05) is 32.2 Å². The van der Waals surface area contributed by atoms with E-state index in [1.807, 2.05) is 25.7 Å². The Morgan fingerprint density at radius 1 is 1.24 bits per heavy atom. The van der Waals surface area contributed by atoms with Gasteiger partial charge in [0, 0.05) is 24.7 Å². The summed E-state index contributed by atoms with van der Waals surface area (Å²) in [6, 6.07) is 0.284. The Morgan fingerprint density at radius 2 is 1.94 bits per heavy atom. The summed E-state index contributed by atoms with van der Waals surface area (Å²) in [7, 11) is 0. The number of likely N-dealkylation sites (tertiary alicyclic amines) is 1. The zero-order valence-electron chi connectivity index (χ0n) is 20.7. The summed E-state index contributed by atoms with van der Waals surface area (Å²) in [5, 5.41) is 16.9. The number of hydrogen-bond donors (Lipinski definition) is 3. The van der Waals surface area contributed by atoms with Gasteiger partial charge in [-0.05, 0) is 50.5 Å². The number of nitrogens with one attached hydrogen (secondary N) is 2. The van der Waals surface area contributed by atoms with Crippen LogP contribution in [0.15, 0.2) is 10.9 Å². The first-order valence-electron chi connectivity index (χ1n) is 12.3. The van der Waals surface area contributed by atoms with Crippen LogP contribution in [0, 0.1) is 18.8 Å². The Bertz CT molecular complexity index is 1200. The van der Waals surface area contributed by atoms with Crippen LogP contribution >= 0.6 is 0 Å². The number of aromatic amines is 1. The number of nitrogens with zero attached hydrogens (tertiary/aromatic N) is 3. The highest BCUT2D eigenvalue weighted by Crippen LogP contribution is 2.25. The average Bonchev–Trinajstić information content (AvgIpc) is 3.31. The zero-order valence-corrected chi connectivity index (χ0v) is 20.7. The summed E-state index contributed by atoms with van der Waals surface area (Å²) in [6.07, 6.45) is 7.01. The molecule has 9 nitrogen and oxygen atoms in total. The van der Waals surface area contributed by atoms with Gasteiger partial charge in [-0.15, -0.1) is 0 Å². The van der Waals surface area contributed by atoms with Crippen LogP contribution in [-0.2, 0) is 11.3 Å². The summed E-state index contributed by atoms with van der Waals surface area (Å²) in [5.41, 5.74) is 0.854. The molecule has 3 N–H and O–H groups in total. The molecule has 0 unspecified atom stereocenters. The fraction of sp³-hybridized carbons (Fsp3) is 0.600. The molecular weight excluding hydrogens is 434 g/mol. The van der Waals surface area contributed by atoms with Crippen LogP contribution in [-0.4, -0.2) is 50.1 Å². The molecular formula is C25H36N5O4+. The maximum Gasteiger partial charge on any atom is 0.378 e. The topological polar surface area (TPSA) is 111 Å². The lowest BCUT2D eigenvalue weighted by atomic mass is 10.0. The minimum atomic E-state index is -0.612. The van der Waals surface area contributed by atoms with Gasteiger partial charge < -0.3 is 15.3 Å². The van der Waals surface area contributed by atoms with Crippen LogP contribution in [0.4, 0.5) is 0 Å². The second kappa shape index (κ2) is 9.27. The number of hydrogen-bond acceptors (Lipinski definition) is 4. The smallest absolute Gasteiger partial charge is 0.378 e. The van der Waals surface area contributed by atoms with Crippen molar-refractivity contribution in [3.05, 3.63) is 33.3 Å². The van der Waals surface area contributed by atoms with Crippen molar-refractivity contribution in [3.63, 3.8) is 0 Å². The lowest BCUT2D eigenvalue weighted by molar-refractivity contribution is -0.686. The van der Waals surface area contributed by atoms with Gasteiger partial charge >= 0.3 is 17.1 Å². The van der Waals surface area contributed by atoms with E-state index in [1.54, 1.807) is 16.7 Å². The Labute approximate surface area is 199 Å². The van der Waals surface area contributed by atoms with Crippen LogP contribution in [0.1, 0.15) is 75.0 Å². The number of aryl methyl sites for hydroxylation is 1.